The molecule has 3 nitrogen and oxygen atoms in total. The van der Waals surface area contributed by atoms with E-state index in [1.807, 2.05) is 30.3 Å². The maximum atomic E-state index is 6.50. The fourth-order valence-electron chi connectivity index (χ4n) is 8.98. The van der Waals surface area contributed by atoms with Crippen LogP contribution in [0.2, 0.25) is 0 Å². The Labute approximate surface area is 325 Å². The molecule has 0 N–H and O–H groups in total. The molecule has 10 aromatic rings. The molecule has 0 bridgehead atoms. The molecule has 1 aliphatic rings. The molecule has 2 heterocycles. The van der Waals surface area contributed by atoms with E-state index in [4.69, 9.17) is 14.4 Å². The molecule has 0 saturated heterocycles. The summed E-state index contributed by atoms with van der Waals surface area (Å²) in [5, 5.41) is 2.16. The van der Waals surface area contributed by atoms with Gasteiger partial charge in [-0.15, -0.1) is 0 Å². The largest absolute Gasteiger partial charge is 0.455 e. The third kappa shape index (κ3) is 4.91. The summed E-state index contributed by atoms with van der Waals surface area (Å²) in [5.41, 5.74) is 15.7. The lowest BCUT2D eigenvalue weighted by Gasteiger charge is -2.34. The summed E-state index contributed by atoms with van der Waals surface area (Å²) in [6.45, 7) is 0. The summed E-state index contributed by atoms with van der Waals surface area (Å²) in [7, 11) is 0. The molecule has 0 saturated carbocycles. The molecule has 0 atom stereocenters. The van der Waals surface area contributed by atoms with Gasteiger partial charge in [-0.1, -0.05) is 182 Å². The van der Waals surface area contributed by atoms with Crippen molar-refractivity contribution in [2.24, 2.45) is 0 Å². The molecule has 0 unspecified atom stereocenters. The Balaban J connectivity index is 1.12. The van der Waals surface area contributed by atoms with Crippen molar-refractivity contribution < 1.29 is 4.42 Å². The van der Waals surface area contributed by atoms with Gasteiger partial charge in [-0.3, -0.25) is 0 Å². The first-order valence-corrected chi connectivity index (χ1v) is 19.1. The van der Waals surface area contributed by atoms with Gasteiger partial charge in [0, 0.05) is 27.5 Å². The second-order valence-electron chi connectivity index (χ2n) is 14.4. The highest BCUT2D eigenvalue weighted by molar-refractivity contribution is 6.09. The Morgan fingerprint density at radius 2 is 0.929 bits per heavy atom. The van der Waals surface area contributed by atoms with Crippen LogP contribution in [0.15, 0.2) is 211 Å². The van der Waals surface area contributed by atoms with E-state index in [9.17, 15) is 0 Å². The third-order valence-electron chi connectivity index (χ3n) is 11.4. The van der Waals surface area contributed by atoms with Crippen molar-refractivity contribution in [3.8, 4) is 56.2 Å². The van der Waals surface area contributed by atoms with E-state index in [0.29, 0.717) is 5.82 Å². The Bertz CT molecular complexity index is 3040. The Morgan fingerprint density at radius 3 is 1.73 bits per heavy atom. The minimum Gasteiger partial charge on any atom is -0.455 e. The van der Waals surface area contributed by atoms with Crippen molar-refractivity contribution in [2.45, 2.75) is 5.41 Å². The first-order valence-electron chi connectivity index (χ1n) is 19.1. The lowest BCUT2D eigenvalue weighted by atomic mass is 9.67. The molecule has 8 aromatic carbocycles. The van der Waals surface area contributed by atoms with Crippen molar-refractivity contribution in [3.05, 3.63) is 229 Å². The zero-order valence-corrected chi connectivity index (χ0v) is 30.4. The molecule has 0 aliphatic heterocycles. The van der Waals surface area contributed by atoms with Gasteiger partial charge >= 0.3 is 0 Å². The lowest BCUT2D eigenvalue weighted by Crippen LogP contribution is -2.28. The van der Waals surface area contributed by atoms with Gasteiger partial charge in [0.15, 0.2) is 5.82 Å². The van der Waals surface area contributed by atoms with Crippen LogP contribution in [0.4, 0.5) is 0 Å². The standard InChI is InChI=1S/C53H34N2O/c1-4-17-35(18-5-1)52-54-47(34-48(55-52)44-29-15-28-42-41-25-11-13-32-49(41)56-51(42)44)37-20-14-19-36(33-37)40-27-16-31-46-50(40)43-26-10-12-30-45(43)53(46,38-21-6-2-7-22-38)39-23-8-3-9-24-39/h1-34H. The number of hydrogen-bond donors (Lipinski definition) is 0. The molecule has 11 rings (SSSR count). The van der Waals surface area contributed by atoms with Crippen molar-refractivity contribution in [2.75, 3.05) is 0 Å². The van der Waals surface area contributed by atoms with Crippen molar-refractivity contribution in [1.29, 1.82) is 0 Å². The summed E-state index contributed by atoms with van der Waals surface area (Å²) in [6, 6.07) is 73.3. The molecule has 2 aromatic heterocycles. The van der Waals surface area contributed by atoms with E-state index in [2.05, 4.69) is 176 Å². The van der Waals surface area contributed by atoms with Crippen molar-refractivity contribution >= 4 is 21.9 Å². The number of benzene rings is 8. The monoisotopic (exact) mass is 714 g/mol. The summed E-state index contributed by atoms with van der Waals surface area (Å²) in [6.07, 6.45) is 0. The van der Waals surface area contributed by atoms with Crippen LogP contribution in [0.5, 0.6) is 0 Å². The Hall–Kier alpha value is -7.36. The summed E-state index contributed by atoms with van der Waals surface area (Å²) in [4.78, 5) is 10.4. The van der Waals surface area contributed by atoms with Crippen LogP contribution >= 0.6 is 0 Å². The van der Waals surface area contributed by atoms with E-state index in [1.54, 1.807) is 0 Å². The first-order chi connectivity index (χ1) is 27.8. The second-order valence-corrected chi connectivity index (χ2v) is 14.4. The molecular formula is C53H34N2O. The topological polar surface area (TPSA) is 38.9 Å². The molecule has 1 aliphatic carbocycles. The second kappa shape index (κ2) is 12.9. The van der Waals surface area contributed by atoms with Crippen LogP contribution in [0.3, 0.4) is 0 Å². The van der Waals surface area contributed by atoms with Crippen molar-refractivity contribution in [3.63, 3.8) is 0 Å². The van der Waals surface area contributed by atoms with E-state index in [0.717, 1.165) is 55.6 Å². The third-order valence-corrected chi connectivity index (χ3v) is 11.4. The highest BCUT2D eigenvalue weighted by Crippen LogP contribution is 2.58. The average Bonchev–Trinajstić information content (AvgIpc) is 3.81. The molecule has 3 heteroatoms. The zero-order chi connectivity index (χ0) is 37.1. The van der Waals surface area contributed by atoms with E-state index >= 15 is 0 Å². The molecule has 0 radical (unpaired) electrons. The average molecular weight is 715 g/mol. The smallest absolute Gasteiger partial charge is 0.160 e. The lowest BCUT2D eigenvalue weighted by molar-refractivity contribution is 0.670. The highest BCUT2D eigenvalue weighted by atomic mass is 16.3. The summed E-state index contributed by atoms with van der Waals surface area (Å²) in [5.74, 6) is 0.668. The Kier molecular flexibility index (Phi) is 7.39. The van der Waals surface area contributed by atoms with Crippen LogP contribution in [0, 0.1) is 0 Å². The van der Waals surface area contributed by atoms with E-state index in [1.165, 1.54) is 38.9 Å². The number of rotatable bonds is 6. The van der Waals surface area contributed by atoms with Crippen molar-refractivity contribution in [1.82, 2.24) is 9.97 Å². The quantitative estimate of drug-likeness (QED) is 0.172. The Morgan fingerprint density at radius 1 is 0.375 bits per heavy atom. The van der Waals surface area contributed by atoms with E-state index in [-0.39, 0.29) is 0 Å². The van der Waals surface area contributed by atoms with Gasteiger partial charge in [0.25, 0.3) is 0 Å². The fourth-order valence-corrected chi connectivity index (χ4v) is 8.98. The number of aromatic nitrogens is 2. The number of furan rings is 1. The van der Waals surface area contributed by atoms with Gasteiger partial charge in [0.05, 0.1) is 16.8 Å². The summed E-state index contributed by atoms with van der Waals surface area (Å²) < 4.78 is 6.50. The van der Waals surface area contributed by atoms with Crippen LogP contribution in [0.25, 0.3) is 78.1 Å². The van der Waals surface area contributed by atoms with Crippen LogP contribution in [-0.4, -0.2) is 9.97 Å². The maximum absolute atomic E-state index is 6.50. The minimum absolute atomic E-state index is 0.466. The van der Waals surface area contributed by atoms with Crippen LogP contribution in [-0.2, 0) is 5.41 Å². The van der Waals surface area contributed by atoms with Gasteiger partial charge in [0.2, 0.25) is 0 Å². The number of nitrogens with zero attached hydrogens (tertiary/aromatic N) is 2. The molecule has 56 heavy (non-hydrogen) atoms. The van der Waals surface area contributed by atoms with Gasteiger partial charge in [-0.2, -0.15) is 0 Å². The minimum atomic E-state index is -0.466. The number of hydrogen-bond acceptors (Lipinski definition) is 3. The van der Waals surface area contributed by atoms with Gasteiger partial charge < -0.3 is 4.42 Å². The fraction of sp³-hybridized carbons (Fsp3) is 0.0189. The number of para-hydroxylation sites is 2. The highest BCUT2D eigenvalue weighted by Gasteiger charge is 2.46. The normalized spacial score (nSPS) is 12.8. The first kappa shape index (κ1) is 32.1. The molecule has 0 fully saturated rings. The predicted molar refractivity (Wildman–Crippen MR) is 228 cm³/mol. The summed E-state index contributed by atoms with van der Waals surface area (Å²) >= 11 is 0. The maximum Gasteiger partial charge on any atom is 0.160 e. The van der Waals surface area contributed by atoms with Crippen LogP contribution < -0.4 is 0 Å². The van der Waals surface area contributed by atoms with E-state index < -0.39 is 5.41 Å². The molecule has 0 spiro atoms. The van der Waals surface area contributed by atoms with Crippen LogP contribution in [0.1, 0.15) is 22.3 Å². The zero-order valence-electron chi connectivity index (χ0n) is 30.4. The molecule has 0 amide bonds. The van der Waals surface area contributed by atoms with Gasteiger partial charge in [-0.25, -0.2) is 9.97 Å². The predicted octanol–water partition coefficient (Wildman–Crippen LogP) is 13.4. The van der Waals surface area contributed by atoms with Gasteiger partial charge in [-0.05, 0) is 68.8 Å². The van der Waals surface area contributed by atoms with Gasteiger partial charge in [0.1, 0.15) is 11.2 Å². The number of fused-ring (bicyclic) bond motifs is 6. The molecular weight excluding hydrogens is 681 g/mol. The molecule has 262 valence electrons. The SMILES string of the molecule is c1ccc(-c2nc(-c3cccc(-c4cccc5c4-c4ccccc4C5(c4ccccc4)c4ccccc4)c3)cc(-c3cccc4c3oc3ccccc34)n2)cc1.